The van der Waals surface area contributed by atoms with Gasteiger partial charge in [0.25, 0.3) is 0 Å². The molecule has 1 aliphatic carbocycles. The van der Waals surface area contributed by atoms with Crippen LogP contribution in [0, 0.1) is 6.92 Å². The van der Waals surface area contributed by atoms with Gasteiger partial charge in [-0.25, -0.2) is 0 Å². The van der Waals surface area contributed by atoms with Crippen molar-refractivity contribution in [3.8, 4) is 0 Å². The molecule has 0 aromatic carbocycles. The Balaban J connectivity index is 1.63. The molecule has 1 saturated heterocycles. The molecule has 5 heteroatoms. The zero-order valence-electron chi connectivity index (χ0n) is 12.4. The minimum absolute atomic E-state index is 0.235. The van der Waals surface area contributed by atoms with Crippen molar-refractivity contribution < 1.29 is 4.79 Å². The van der Waals surface area contributed by atoms with E-state index in [2.05, 4.69) is 26.9 Å². The molecule has 1 aromatic rings. The highest BCUT2D eigenvalue weighted by molar-refractivity contribution is 5.74. The summed E-state index contributed by atoms with van der Waals surface area (Å²) in [7, 11) is 0. The van der Waals surface area contributed by atoms with Gasteiger partial charge in [-0.1, -0.05) is 0 Å². The Labute approximate surface area is 120 Å². The van der Waals surface area contributed by atoms with Gasteiger partial charge in [-0.2, -0.15) is 5.10 Å². The average Bonchev–Trinajstić information content (AvgIpc) is 3.03. The molecule has 20 heavy (non-hydrogen) atoms. The molecule has 1 aromatic heterocycles. The maximum Gasteiger partial charge on any atom is 0.219 e. The number of rotatable bonds is 5. The first kappa shape index (κ1) is 13.6. The molecule has 3 rings (SSSR count). The number of carbonyl (C=O) groups is 1. The smallest absolute Gasteiger partial charge is 0.219 e. The van der Waals surface area contributed by atoms with E-state index in [1.165, 1.54) is 31.2 Å². The number of aromatic nitrogens is 2. The number of carbonyl (C=O) groups excluding carboxylic acids is 1. The molecule has 1 saturated carbocycles. The van der Waals surface area contributed by atoms with E-state index in [0.717, 1.165) is 25.3 Å². The molecular weight excluding hydrogens is 252 g/mol. The Kier molecular flexibility index (Phi) is 3.78. The van der Waals surface area contributed by atoms with Gasteiger partial charge >= 0.3 is 0 Å². The Morgan fingerprint density at radius 3 is 2.90 bits per heavy atom. The molecule has 0 spiro atoms. The van der Waals surface area contributed by atoms with Gasteiger partial charge in [0.15, 0.2) is 0 Å². The predicted molar refractivity (Wildman–Crippen MR) is 77.2 cm³/mol. The second-order valence-corrected chi connectivity index (χ2v) is 6.19. The van der Waals surface area contributed by atoms with Crippen molar-refractivity contribution in [2.24, 2.45) is 0 Å². The van der Waals surface area contributed by atoms with E-state index in [0.29, 0.717) is 12.1 Å². The summed E-state index contributed by atoms with van der Waals surface area (Å²) in [6.45, 7) is 6.75. The molecule has 2 aliphatic rings. The highest BCUT2D eigenvalue weighted by atomic mass is 16.2. The highest BCUT2D eigenvalue weighted by Crippen LogP contribution is 2.29. The van der Waals surface area contributed by atoms with Crippen molar-refractivity contribution in [3.63, 3.8) is 0 Å². The van der Waals surface area contributed by atoms with Crippen LogP contribution in [0.1, 0.15) is 43.9 Å². The third-order valence-corrected chi connectivity index (χ3v) is 4.61. The second-order valence-electron chi connectivity index (χ2n) is 6.19. The first-order valence-electron chi connectivity index (χ1n) is 7.65. The lowest BCUT2D eigenvalue weighted by Gasteiger charge is -2.30. The van der Waals surface area contributed by atoms with E-state index in [-0.39, 0.29) is 5.91 Å². The lowest BCUT2D eigenvalue weighted by atomic mass is 10.2. The number of nitrogens with one attached hydrogen (secondary N) is 1. The van der Waals surface area contributed by atoms with Crippen LogP contribution in [0.4, 0.5) is 0 Å². The lowest BCUT2D eigenvalue weighted by molar-refractivity contribution is -0.130. The summed E-state index contributed by atoms with van der Waals surface area (Å²) in [5.41, 5.74) is 2.43. The van der Waals surface area contributed by atoms with Crippen LogP contribution in [-0.4, -0.2) is 51.1 Å². The minimum Gasteiger partial charge on any atom is -0.338 e. The number of nitrogens with zero attached hydrogens (tertiary/aromatic N) is 3. The molecule has 1 atom stereocenters. The van der Waals surface area contributed by atoms with Crippen molar-refractivity contribution >= 4 is 5.91 Å². The second kappa shape index (κ2) is 5.56. The van der Waals surface area contributed by atoms with Crippen LogP contribution in [0.15, 0.2) is 6.20 Å². The minimum atomic E-state index is 0.235. The molecule has 1 amide bonds. The van der Waals surface area contributed by atoms with Crippen molar-refractivity contribution in [1.82, 2.24) is 20.0 Å². The van der Waals surface area contributed by atoms with Crippen LogP contribution >= 0.6 is 0 Å². The summed E-state index contributed by atoms with van der Waals surface area (Å²) in [6.07, 6.45) is 6.74. The first-order valence-corrected chi connectivity index (χ1v) is 7.65. The third kappa shape index (κ3) is 2.87. The van der Waals surface area contributed by atoms with Crippen LogP contribution in [0.3, 0.4) is 0 Å². The summed E-state index contributed by atoms with van der Waals surface area (Å²) in [4.78, 5) is 16.4. The molecule has 1 N–H and O–H groups in total. The van der Waals surface area contributed by atoms with Gasteiger partial charge in [0, 0.05) is 43.4 Å². The van der Waals surface area contributed by atoms with Gasteiger partial charge in [-0.15, -0.1) is 0 Å². The maximum atomic E-state index is 11.8. The number of H-pyrrole nitrogens is 1. The monoisotopic (exact) mass is 276 g/mol. The molecular formula is C15H24N4O. The summed E-state index contributed by atoms with van der Waals surface area (Å²) in [5.74, 6) is 0.235. The Bertz CT molecular complexity index is 480. The van der Waals surface area contributed by atoms with E-state index in [9.17, 15) is 4.79 Å². The molecule has 0 radical (unpaired) electrons. The van der Waals surface area contributed by atoms with Crippen LogP contribution in [0.5, 0.6) is 0 Å². The normalized spacial score (nSPS) is 23.2. The van der Waals surface area contributed by atoms with E-state index in [1.54, 1.807) is 6.92 Å². The summed E-state index contributed by atoms with van der Waals surface area (Å²) >= 11 is 0. The number of amides is 1. The quantitative estimate of drug-likeness (QED) is 0.890. The van der Waals surface area contributed by atoms with E-state index >= 15 is 0 Å². The van der Waals surface area contributed by atoms with Crippen molar-refractivity contribution in [2.45, 2.75) is 58.2 Å². The molecule has 5 nitrogen and oxygen atoms in total. The molecule has 110 valence electrons. The van der Waals surface area contributed by atoms with Gasteiger partial charge in [0.1, 0.15) is 0 Å². The molecule has 1 aliphatic heterocycles. The van der Waals surface area contributed by atoms with Crippen molar-refractivity contribution in [2.75, 3.05) is 13.1 Å². The third-order valence-electron chi connectivity index (χ3n) is 4.61. The number of likely N-dealkylation sites (tertiary alicyclic amines) is 1. The number of hydrogen-bond donors (Lipinski definition) is 1. The Hall–Kier alpha value is -1.36. The van der Waals surface area contributed by atoms with Gasteiger partial charge in [-0.3, -0.25) is 14.8 Å². The Morgan fingerprint density at radius 2 is 2.30 bits per heavy atom. The number of aryl methyl sites for hydroxylation is 1. The highest BCUT2D eigenvalue weighted by Gasteiger charge is 2.35. The first-order chi connectivity index (χ1) is 9.65. The van der Waals surface area contributed by atoms with E-state index in [4.69, 9.17) is 0 Å². The molecule has 1 unspecified atom stereocenters. The van der Waals surface area contributed by atoms with Gasteiger partial charge < -0.3 is 4.90 Å². The van der Waals surface area contributed by atoms with Crippen LogP contribution in [0.25, 0.3) is 0 Å². The zero-order valence-corrected chi connectivity index (χ0v) is 12.4. The molecule has 2 fully saturated rings. The molecule has 2 heterocycles. The van der Waals surface area contributed by atoms with Crippen molar-refractivity contribution in [1.29, 1.82) is 0 Å². The summed E-state index contributed by atoms with van der Waals surface area (Å²) in [6, 6.07) is 1.03. The van der Waals surface area contributed by atoms with Gasteiger partial charge in [0.2, 0.25) is 5.91 Å². The summed E-state index contributed by atoms with van der Waals surface area (Å²) < 4.78 is 0. The van der Waals surface area contributed by atoms with Gasteiger partial charge in [0.05, 0.1) is 6.20 Å². The fourth-order valence-electron chi connectivity index (χ4n) is 3.21. The largest absolute Gasteiger partial charge is 0.338 e. The average molecular weight is 276 g/mol. The number of hydrogen-bond acceptors (Lipinski definition) is 3. The van der Waals surface area contributed by atoms with Crippen LogP contribution in [-0.2, 0) is 11.3 Å². The topological polar surface area (TPSA) is 52.2 Å². The van der Waals surface area contributed by atoms with E-state index < -0.39 is 0 Å². The molecule has 0 bridgehead atoms. The fraction of sp³-hybridized carbons (Fsp3) is 0.733. The van der Waals surface area contributed by atoms with Gasteiger partial charge in [-0.05, 0) is 39.2 Å². The number of aromatic amines is 1. The lowest BCUT2D eigenvalue weighted by Crippen LogP contribution is -2.43. The maximum absolute atomic E-state index is 11.8. The fourth-order valence-corrected chi connectivity index (χ4v) is 3.21. The SMILES string of the molecule is CC(=O)N(CC1CCCN1Cc1cn[nH]c1C)C1CC1. The summed E-state index contributed by atoms with van der Waals surface area (Å²) in [5, 5.41) is 7.10. The van der Waals surface area contributed by atoms with Crippen LogP contribution in [0.2, 0.25) is 0 Å². The van der Waals surface area contributed by atoms with Crippen molar-refractivity contribution in [3.05, 3.63) is 17.5 Å². The Morgan fingerprint density at radius 1 is 1.50 bits per heavy atom. The standard InChI is InChI=1S/C15H24N4O/c1-11-13(8-16-17-11)9-18-7-3-4-15(18)10-19(12(2)20)14-5-6-14/h8,14-15H,3-7,9-10H2,1-2H3,(H,16,17). The van der Waals surface area contributed by atoms with Crippen LogP contribution < -0.4 is 0 Å². The van der Waals surface area contributed by atoms with E-state index in [1.807, 2.05) is 6.20 Å². The zero-order chi connectivity index (χ0) is 14.1. The predicted octanol–water partition coefficient (Wildman–Crippen LogP) is 1.69.